The average molecular weight is 462 g/mol. The maximum atomic E-state index is 13.1. The van der Waals surface area contributed by atoms with Gasteiger partial charge >= 0.3 is 0 Å². The van der Waals surface area contributed by atoms with E-state index in [0.29, 0.717) is 18.8 Å². The SMILES string of the molecule is COc1ccc(NC(=O)[C@H](C)NC(=O)c2cccc(C)c2)cc1S(=O)(=O)N1CCOCC1. The van der Waals surface area contributed by atoms with Gasteiger partial charge in [0.05, 0.1) is 20.3 Å². The molecule has 2 amide bonds. The van der Waals surface area contributed by atoms with Gasteiger partial charge in [-0.3, -0.25) is 9.59 Å². The normalized spacial score (nSPS) is 15.6. The lowest BCUT2D eigenvalue weighted by molar-refractivity contribution is -0.117. The van der Waals surface area contributed by atoms with Crippen LogP contribution in [0, 0.1) is 6.92 Å². The minimum Gasteiger partial charge on any atom is -0.495 e. The van der Waals surface area contributed by atoms with Crippen LogP contribution in [0.2, 0.25) is 0 Å². The van der Waals surface area contributed by atoms with E-state index in [9.17, 15) is 18.0 Å². The molecule has 172 valence electrons. The third-order valence-corrected chi connectivity index (χ3v) is 6.96. The summed E-state index contributed by atoms with van der Waals surface area (Å²) in [5.74, 6) is -0.678. The number of carbonyl (C=O) groups is 2. The second kappa shape index (κ2) is 10.1. The summed E-state index contributed by atoms with van der Waals surface area (Å²) in [6.45, 7) is 4.54. The van der Waals surface area contributed by atoms with Gasteiger partial charge in [-0.05, 0) is 44.2 Å². The summed E-state index contributed by atoms with van der Waals surface area (Å²) in [6.07, 6.45) is 0. The number of morpholine rings is 1. The second-order valence-electron chi connectivity index (χ2n) is 7.44. The van der Waals surface area contributed by atoms with Crippen molar-refractivity contribution in [3.63, 3.8) is 0 Å². The zero-order valence-electron chi connectivity index (χ0n) is 18.3. The maximum absolute atomic E-state index is 13.1. The molecule has 2 aromatic rings. The molecule has 0 saturated carbocycles. The molecule has 10 heteroatoms. The van der Waals surface area contributed by atoms with Gasteiger partial charge in [-0.15, -0.1) is 0 Å². The Labute approximate surface area is 187 Å². The fraction of sp³-hybridized carbons (Fsp3) is 0.364. The van der Waals surface area contributed by atoms with E-state index in [1.165, 1.54) is 23.5 Å². The number of anilines is 1. The van der Waals surface area contributed by atoms with Gasteiger partial charge in [0.25, 0.3) is 5.91 Å². The summed E-state index contributed by atoms with van der Waals surface area (Å²) in [4.78, 5) is 25.0. The lowest BCUT2D eigenvalue weighted by Crippen LogP contribution is -2.42. The molecule has 1 fully saturated rings. The summed E-state index contributed by atoms with van der Waals surface area (Å²) >= 11 is 0. The molecule has 0 radical (unpaired) electrons. The Morgan fingerprint density at radius 3 is 2.50 bits per heavy atom. The first-order valence-electron chi connectivity index (χ1n) is 10.2. The highest BCUT2D eigenvalue weighted by Crippen LogP contribution is 2.30. The lowest BCUT2D eigenvalue weighted by Gasteiger charge is -2.27. The smallest absolute Gasteiger partial charge is 0.251 e. The number of carbonyl (C=O) groups excluding carboxylic acids is 2. The Bertz CT molecular complexity index is 1100. The Morgan fingerprint density at radius 2 is 1.84 bits per heavy atom. The van der Waals surface area contributed by atoms with E-state index in [0.717, 1.165) is 5.56 Å². The molecule has 1 heterocycles. The fourth-order valence-corrected chi connectivity index (χ4v) is 4.85. The van der Waals surface area contributed by atoms with Gasteiger partial charge in [-0.2, -0.15) is 4.31 Å². The monoisotopic (exact) mass is 461 g/mol. The number of nitrogens with zero attached hydrogens (tertiary/aromatic N) is 1. The number of hydrogen-bond acceptors (Lipinski definition) is 6. The predicted octanol–water partition coefficient (Wildman–Crippen LogP) is 1.78. The topological polar surface area (TPSA) is 114 Å². The molecule has 1 aliphatic heterocycles. The van der Waals surface area contributed by atoms with Crippen LogP contribution >= 0.6 is 0 Å². The van der Waals surface area contributed by atoms with Gasteiger partial charge < -0.3 is 20.1 Å². The van der Waals surface area contributed by atoms with Crippen molar-refractivity contribution in [3.8, 4) is 5.75 Å². The minimum absolute atomic E-state index is 0.0452. The van der Waals surface area contributed by atoms with Gasteiger partial charge in [0.1, 0.15) is 16.7 Å². The number of nitrogens with one attached hydrogen (secondary N) is 2. The molecule has 0 aliphatic carbocycles. The Hall–Kier alpha value is -2.95. The van der Waals surface area contributed by atoms with E-state index < -0.39 is 22.0 Å². The third-order valence-electron chi connectivity index (χ3n) is 5.04. The molecule has 0 unspecified atom stereocenters. The van der Waals surface area contributed by atoms with E-state index >= 15 is 0 Å². The predicted molar refractivity (Wildman–Crippen MR) is 119 cm³/mol. The molecule has 32 heavy (non-hydrogen) atoms. The van der Waals surface area contributed by atoms with Crippen LogP contribution in [0.25, 0.3) is 0 Å². The average Bonchev–Trinajstić information content (AvgIpc) is 2.79. The van der Waals surface area contributed by atoms with Crippen LogP contribution in [0.15, 0.2) is 47.4 Å². The first-order chi connectivity index (χ1) is 15.2. The quantitative estimate of drug-likeness (QED) is 0.650. The van der Waals surface area contributed by atoms with Crippen molar-refractivity contribution in [2.24, 2.45) is 0 Å². The van der Waals surface area contributed by atoms with Crippen LogP contribution in [0.5, 0.6) is 5.75 Å². The highest BCUT2D eigenvalue weighted by Gasteiger charge is 2.30. The van der Waals surface area contributed by atoms with Crippen LogP contribution in [-0.4, -0.2) is 64.0 Å². The van der Waals surface area contributed by atoms with E-state index in [1.54, 1.807) is 31.2 Å². The Kier molecular flexibility index (Phi) is 7.49. The van der Waals surface area contributed by atoms with Crippen LogP contribution in [0.1, 0.15) is 22.8 Å². The number of hydrogen-bond donors (Lipinski definition) is 2. The highest BCUT2D eigenvalue weighted by molar-refractivity contribution is 7.89. The number of methoxy groups -OCH3 is 1. The summed E-state index contributed by atoms with van der Waals surface area (Å²) in [5, 5.41) is 5.31. The van der Waals surface area contributed by atoms with Crippen LogP contribution in [0.4, 0.5) is 5.69 Å². The van der Waals surface area contributed by atoms with E-state index in [1.807, 2.05) is 13.0 Å². The standard InChI is InChI=1S/C22H27N3O6S/c1-15-5-4-6-17(13-15)22(27)23-16(2)21(26)24-18-7-8-19(30-3)20(14-18)32(28,29)25-9-11-31-12-10-25/h4-8,13-14,16H,9-12H2,1-3H3,(H,23,27)(H,24,26)/t16-/m0/s1. The number of amides is 2. The molecule has 1 aliphatic rings. The first-order valence-corrected chi connectivity index (χ1v) is 11.6. The summed E-state index contributed by atoms with van der Waals surface area (Å²) in [7, 11) is -2.45. The summed E-state index contributed by atoms with van der Waals surface area (Å²) < 4.78 is 38.0. The zero-order valence-corrected chi connectivity index (χ0v) is 19.1. The van der Waals surface area contributed by atoms with Gasteiger partial charge in [0.15, 0.2) is 0 Å². The maximum Gasteiger partial charge on any atom is 0.251 e. The molecule has 0 aromatic heterocycles. The largest absolute Gasteiger partial charge is 0.495 e. The number of aryl methyl sites for hydroxylation is 1. The van der Waals surface area contributed by atoms with Crippen LogP contribution in [0.3, 0.4) is 0 Å². The molecule has 3 rings (SSSR count). The number of benzene rings is 2. The third kappa shape index (κ3) is 5.45. The number of rotatable bonds is 7. The number of sulfonamides is 1. The fourth-order valence-electron chi connectivity index (χ4n) is 3.26. The molecular formula is C22H27N3O6S. The molecule has 0 spiro atoms. The van der Waals surface area contributed by atoms with Gasteiger partial charge in [0.2, 0.25) is 15.9 Å². The van der Waals surface area contributed by atoms with Gasteiger partial charge in [-0.25, -0.2) is 8.42 Å². The van der Waals surface area contributed by atoms with Crippen molar-refractivity contribution in [1.82, 2.24) is 9.62 Å². The Balaban J connectivity index is 1.74. The van der Waals surface area contributed by atoms with Crippen molar-refractivity contribution < 1.29 is 27.5 Å². The molecule has 1 saturated heterocycles. The van der Waals surface area contributed by atoms with E-state index in [-0.39, 0.29) is 35.3 Å². The van der Waals surface area contributed by atoms with Gasteiger partial charge in [0, 0.05) is 24.3 Å². The molecule has 0 bridgehead atoms. The van der Waals surface area contributed by atoms with E-state index in [4.69, 9.17) is 9.47 Å². The lowest BCUT2D eigenvalue weighted by atomic mass is 10.1. The zero-order chi connectivity index (χ0) is 23.3. The van der Waals surface area contributed by atoms with Crippen molar-refractivity contribution in [3.05, 3.63) is 53.6 Å². The van der Waals surface area contributed by atoms with Crippen LogP contribution < -0.4 is 15.4 Å². The molecule has 2 N–H and O–H groups in total. The minimum atomic E-state index is -3.84. The number of ether oxygens (including phenoxy) is 2. The molecule has 1 atom stereocenters. The first kappa shape index (κ1) is 23.7. The summed E-state index contributed by atoms with van der Waals surface area (Å²) in [5.41, 5.74) is 1.66. The van der Waals surface area contributed by atoms with Gasteiger partial charge in [-0.1, -0.05) is 17.7 Å². The van der Waals surface area contributed by atoms with Crippen LogP contribution in [-0.2, 0) is 19.6 Å². The van der Waals surface area contributed by atoms with Crippen molar-refractivity contribution >= 4 is 27.5 Å². The highest BCUT2D eigenvalue weighted by atomic mass is 32.2. The van der Waals surface area contributed by atoms with E-state index in [2.05, 4.69) is 10.6 Å². The van der Waals surface area contributed by atoms with Crippen molar-refractivity contribution in [2.45, 2.75) is 24.8 Å². The molecule has 9 nitrogen and oxygen atoms in total. The van der Waals surface area contributed by atoms with Crippen molar-refractivity contribution in [2.75, 3.05) is 38.7 Å². The van der Waals surface area contributed by atoms with Crippen molar-refractivity contribution in [1.29, 1.82) is 0 Å². The Morgan fingerprint density at radius 1 is 1.12 bits per heavy atom. The molecule has 2 aromatic carbocycles. The second-order valence-corrected chi connectivity index (χ2v) is 9.34. The summed E-state index contributed by atoms with van der Waals surface area (Å²) in [6, 6.07) is 10.6. The molecular weight excluding hydrogens is 434 g/mol.